The van der Waals surface area contributed by atoms with Gasteiger partial charge in [-0.25, -0.2) is 4.68 Å². The summed E-state index contributed by atoms with van der Waals surface area (Å²) < 4.78 is 1.72. The van der Waals surface area contributed by atoms with E-state index in [9.17, 15) is 9.59 Å². The lowest BCUT2D eigenvalue weighted by Crippen LogP contribution is -2.33. The largest absolute Gasteiger partial charge is 0.346 e. The predicted molar refractivity (Wildman–Crippen MR) is 113 cm³/mol. The molecule has 0 radical (unpaired) electrons. The normalized spacial score (nSPS) is 10.2. The van der Waals surface area contributed by atoms with Gasteiger partial charge in [-0.2, -0.15) is 10.4 Å². The van der Waals surface area contributed by atoms with Gasteiger partial charge in [-0.1, -0.05) is 12.1 Å². The molecular formula is C21H19N5O2S. The molecule has 2 amide bonds. The first kappa shape index (κ1) is 20.2. The van der Waals surface area contributed by atoms with Gasteiger partial charge < -0.3 is 10.6 Å². The maximum Gasteiger partial charge on any atom is 0.243 e. The van der Waals surface area contributed by atoms with Gasteiger partial charge in [0.2, 0.25) is 11.8 Å². The Morgan fingerprint density at radius 2 is 1.83 bits per heavy atom. The van der Waals surface area contributed by atoms with Crippen LogP contribution >= 0.6 is 11.8 Å². The summed E-state index contributed by atoms with van der Waals surface area (Å²) in [5.74, 6) is 0.426. The lowest BCUT2D eigenvalue weighted by Gasteiger charge is -2.08. The number of hydrogen-bond donors (Lipinski definition) is 2. The number of nitrogens with zero attached hydrogens (tertiary/aromatic N) is 3. The third-order valence-corrected chi connectivity index (χ3v) is 4.95. The highest BCUT2D eigenvalue weighted by molar-refractivity contribution is 7.99. The van der Waals surface area contributed by atoms with Crippen molar-refractivity contribution in [3.8, 4) is 11.8 Å². The van der Waals surface area contributed by atoms with Crippen LogP contribution in [-0.2, 0) is 15.3 Å². The minimum atomic E-state index is -0.290. The molecule has 0 unspecified atom stereocenters. The molecule has 0 aliphatic rings. The molecule has 3 rings (SSSR count). The summed E-state index contributed by atoms with van der Waals surface area (Å²) in [4.78, 5) is 23.9. The lowest BCUT2D eigenvalue weighted by molar-refractivity contribution is -0.122. The van der Waals surface area contributed by atoms with Crippen molar-refractivity contribution in [2.24, 2.45) is 0 Å². The van der Waals surface area contributed by atoms with Crippen LogP contribution in [0.3, 0.4) is 0 Å². The first-order valence-corrected chi connectivity index (χ1v) is 10.0. The number of carbonyl (C=O) groups excluding carboxylic acids is 2. The van der Waals surface area contributed by atoms with Gasteiger partial charge in [0.1, 0.15) is 0 Å². The monoisotopic (exact) mass is 405 g/mol. The number of amides is 2. The SMILES string of the molecule is N#Cc1ccc(CSCC(=O)NCC(=O)Nc2ccc(-n3cccn3)cc2)cc1. The van der Waals surface area contributed by atoms with Gasteiger partial charge in [-0.05, 0) is 48.0 Å². The van der Waals surface area contributed by atoms with E-state index in [1.54, 1.807) is 35.1 Å². The van der Waals surface area contributed by atoms with Crippen LogP contribution in [0.15, 0.2) is 67.0 Å². The minimum Gasteiger partial charge on any atom is -0.346 e. The zero-order valence-corrected chi connectivity index (χ0v) is 16.4. The summed E-state index contributed by atoms with van der Waals surface area (Å²) in [7, 11) is 0. The molecule has 1 heterocycles. The summed E-state index contributed by atoms with van der Waals surface area (Å²) in [6.45, 7) is -0.0861. The highest BCUT2D eigenvalue weighted by Crippen LogP contribution is 2.13. The van der Waals surface area contributed by atoms with Gasteiger partial charge in [0.15, 0.2) is 0 Å². The smallest absolute Gasteiger partial charge is 0.243 e. The molecule has 1 aromatic heterocycles. The molecule has 2 N–H and O–H groups in total. The highest BCUT2D eigenvalue weighted by Gasteiger charge is 2.07. The van der Waals surface area contributed by atoms with Crippen molar-refractivity contribution in [1.29, 1.82) is 5.26 Å². The second-order valence-corrected chi connectivity index (χ2v) is 7.11. The number of nitriles is 1. The van der Waals surface area contributed by atoms with Crippen molar-refractivity contribution in [1.82, 2.24) is 15.1 Å². The summed E-state index contributed by atoms with van der Waals surface area (Å²) in [5.41, 5.74) is 3.19. The summed E-state index contributed by atoms with van der Waals surface area (Å²) in [6.07, 6.45) is 3.53. The zero-order chi connectivity index (χ0) is 20.5. The van der Waals surface area contributed by atoms with E-state index >= 15 is 0 Å². The molecule has 3 aromatic rings. The molecule has 7 nitrogen and oxygen atoms in total. The van der Waals surface area contributed by atoms with E-state index in [4.69, 9.17) is 5.26 Å². The van der Waals surface area contributed by atoms with Crippen molar-refractivity contribution < 1.29 is 9.59 Å². The molecule has 0 saturated heterocycles. The number of aromatic nitrogens is 2. The Kier molecular flexibility index (Phi) is 7.03. The molecule has 2 aromatic carbocycles. The van der Waals surface area contributed by atoms with Crippen molar-refractivity contribution in [2.75, 3.05) is 17.6 Å². The molecule has 29 heavy (non-hydrogen) atoms. The Balaban J connectivity index is 1.36. The molecule has 8 heteroatoms. The van der Waals surface area contributed by atoms with Gasteiger partial charge in [-0.3, -0.25) is 9.59 Å². The molecule has 0 aliphatic carbocycles. The van der Waals surface area contributed by atoms with Crippen molar-refractivity contribution in [2.45, 2.75) is 5.75 Å². The van der Waals surface area contributed by atoms with E-state index < -0.39 is 0 Å². The van der Waals surface area contributed by atoms with E-state index in [0.717, 1.165) is 11.3 Å². The van der Waals surface area contributed by atoms with Crippen LogP contribution < -0.4 is 10.6 Å². The quantitative estimate of drug-likeness (QED) is 0.600. The number of thioether (sulfide) groups is 1. The van der Waals surface area contributed by atoms with Crippen LogP contribution in [0.1, 0.15) is 11.1 Å². The summed E-state index contributed by atoms with van der Waals surface area (Å²) >= 11 is 1.45. The standard InChI is InChI=1S/C21H19N5O2S/c22-12-16-2-4-17(5-3-16)14-29-15-21(28)23-13-20(27)25-18-6-8-19(9-7-18)26-11-1-10-24-26/h1-11H,13-15H2,(H,23,28)(H,25,27). The number of anilines is 1. The Morgan fingerprint density at radius 1 is 1.07 bits per heavy atom. The average Bonchev–Trinajstić information content (AvgIpc) is 3.28. The van der Waals surface area contributed by atoms with Gasteiger partial charge >= 0.3 is 0 Å². The van der Waals surface area contributed by atoms with Crippen molar-refractivity contribution >= 4 is 29.3 Å². The van der Waals surface area contributed by atoms with Gasteiger partial charge in [0, 0.05) is 23.8 Å². The zero-order valence-electron chi connectivity index (χ0n) is 15.5. The maximum atomic E-state index is 12.0. The van der Waals surface area contributed by atoms with E-state index in [-0.39, 0.29) is 24.1 Å². The van der Waals surface area contributed by atoms with Crippen LogP contribution in [0, 0.1) is 11.3 Å². The molecule has 0 atom stereocenters. The highest BCUT2D eigenvalue weighted by atomic mass is 32.2. The fourth-order valence-corrected chi connectivity index (χ4v) is 3.31. The van der Waals surface area contributed by atoms with Crippen LogP contribution in [0.25, 0.3) is 5.69 Å². The summed E-state index contributed by atoms with van der Waals surface area (Å²) in [5, 5.41) is 18.3. The molecule has 0 fully saturated rings. The minimum absolute atomic E-state index is 0.0861. The third-order valence-electron chi connectivity index (χ3n) is 3.95. The molecule has 0 aliphatic heterocycles. The fourth-order valence-electron chi connectivity index (χ4n) is 2.49. The van der Waals surface area contributed by atoms with Gasteiger partial charge in [-0.15, -0.1) is 11.8 Å². The second-order valence-electron chi connectivity index (χ2n) is 6.12. The van der Waals surface area contributed by atoms with Crippen LogP contribution in [-0.4, -0.2) is 33.9 Å². The second kappa shape index (κ2) is 10.1. The van der Waals surface area contributed by atoms with Crippen LogP contribution in [0.2, 0.25) is 0 Å². The Hall–Kier alpha value is -3.57. The Bertz CT molecular complexity index is 993. The Labute approximate surface area is 172 Å². The number of hydrogen-bond acceptors (Lipinski definition) is 5. The molecule has 0 saturated carbocycles. The number of nitrogens with one attached hydrogen (secondary N) is 2. The summed E-state index contributed by atoms with van der Waals surface area (Å²) in [6, 6.07) is 18.4. The first-order chi connectivity index (χ1) is 14.1. The van der Waals surface area contributed by atoms with E-state index in [0.29, 0.717) is 17.0 Å². The van der Waals surface area contributed by atoms with E-state index in [1.165, 1.54) is 11.8 Å². The predicted octanol–water partition coefficient (Wildman–Crippen LogP) is 2.73. The average molecular weight is 405 g/mol. The topological polar surface area (TPSA) is 99.8 Å². The van der Waals surface area contributed by atoms with E-state index in [1.807, 2.05) is 36.5 Å². The number of rotatable bonds is 8. The fraction of sp³-hybridized carbons (Fsp3) is 0.143. The molecule has 0 bridgehead atoms. The third kappa shape index (κ3) is 6.23. The van der Waals surface area contributed by atoms with Crippen molar-refractivity contribution in [3.05, 3.63) is 78.1 Å². The molecular weight excluding hydrogens is 386 g/mol. The van der Waals surface area contributed by atoms with Crippen LogP contribution in [0.5, 0.6) is 0 Å². The van der Waals surface area contributed by atoms with Gasteiger partial charge in [0.05, 0.1) is 29.6 Å². The molecule has 146 valence electrons. The van der Waals surface area contributed by atoms with E-state index in [2.05, 4.69) is 21.8 Å². The maximum absolute atomic E-state index is 12.0. The Morgan fingerprint density at radius 3 is 2.48 bits per heavy atom. The van der Waals surface area contributed by atoms with Crippen molar-refractivity contribution in [3.63, 3.8) is 0 Å². The lowest BCUT2D eigenvalue weighted by atomic mass is 10.2. The molecule has 0 spiro atoms. The number of carbonyl (C=O) groups is 2. The number of benzene rings is 2. The van der Waals surface area contributed by atoms with Crippen LogP contribution in [0.4, 0.5) is 5.69 Å². The van der Waals surface area contributed by atoms with Gasteiger partial charge in [0.25, 0.3) is 0 Å². The first-order valence-electron chi connectivity index (χ1n) is 8.87.